The number of amides is 1. The van der Waals surface area contributed by atoms with E-state index in [2.05, 4.69) is 10.4 Å². The third kappa shape index (κ3) is 5.52. The van der Waals surface area contributed by atoms with Crippen LogP contribution in [0.3, 0.4) is 0 Å². The van der Waals surface area contributed by atoms with Crippen LogP contribution in [0.15, 0.2) is 52.3 Å². The summed E-state index contributed by atoms with van der Waals surface area (Å²) in [6.07, 6.45) is -1.83. The number of anilines is 1. The number of alkyl halides is 3. The summed E-state index contributed by atoms with van der Waals surface area (Å²) in [5.74, 6) is -0.478. The van der Waals surface area contributed by atoms with Gasteiger partial charge in [-0.05, 0) is 62.1 Å². The highest BCUT2D eigenvalue weighted by molar-refractivity contribution is 7.91. The van der Waals surface area contributed by atoms with E-state index in [-0.39, 0.29) is 33.2 Å². The molecule has 4 rings (SSSR count). The van der Waals surface area contributed by atoms with Gasteiger partial charge in [0.05, 0.1) is 16.9 Å². The number of fused-ring (bicyclic) bond motifs is 1. The molecule has 36 heavy (non-hydrogen) atoms. The fraction of sp³-hybridized carbons (Fsp3) is 0.333. The number of carbonyl (C=O) groups excluding carboxylic acids is 1. The van der Waals surface area contributed by atoms with Gasteiger partial charge in [0.25, 0.3) is 0 Å². The van der Waals surface area contributed by atoms with Gasteiger partial charge in [-0.15, -0.1) is 0 Å². The zero-order valence-corrected chi connectivity index (χ0v) is 20.8. The van der Waals surface area contributed by atoms with Gasteiger partial charge < -0.3 is 10.1 Å². The molecule has 1 aromatic heterocycles. The molecule has 0 bridgehead atoms. The average Bonchev–Trinajstić information content (AvgIpc) is 2.99. The Balaban J connectivity index is 1.62. The maximum absolute atomic E-state index is 13.6. The maximum Gasteiger partial charge on any atom is 0.435 e. The maximum atomic E-state index is 13.6. The number of hydrogen-bond acceptors (Lipinski definition) is 5. The molecule has 3 aromatic rings. The van der Waals surface area contributed by atoms with Crippen LogP contribution in [-0.4, -0.2) is 31.2 Å². The number of sulfone groups is 1. The molecule has 0 spiro atoms. The summed E-state index contributed by atoms with van der Waals surface area (Å²) in [6, 6.07) is 9.59. The monoisotopic (exact) mass is 541 g/mol. The Morgan fingerprint density at radius 2 is 1.78 bits per heavy atom. The quantitative estimate of drug-likeness (QED) is 0.427. The molecule has 1 N–H and O–H groups in total. The zero-order chi connectivity index (χ0) is 26.1. The molecular weight excluding hydrogens is 519 g/mol. The minimum absolute atomic E-state index is 0.00339. The molecule has 1 aliphatic rings. The van der Waals surface area contributed by atoms with Crippen molar-refractivity contribution in [3.63, 3.8) is 0 Å². The summed E-state index contributed by atoms with van der Waals surface area (Å²) in [5, 5.41) is 6.66. The molecule has 2 aromatic carbocycles. The Hall–Kier alpha value is -3.05. The predicted octanol–water partition coefficient (Wildman–Crippen LogP) is 5.30. The first kappa shape index (κ1) is 26.0. The van der Waals surface area contributed by atoms with Crippen molar-refractivity contribution in [2.45, 2.75) is 54.6 Å². The van der Waals surface area contributed by atoms with E-state index in [0.29, 0.717) is 30.0 Å². The van der Waals surface area contributed by atoms with E-state index >= 15 is 0 Å². The third-order valence-electron chi connectivity index (χ3n) is 5.90. The molecule has 1 amide bonds. The topological polar surface area (TPSA) is 90.3 Å². The van der Waals surface area contributed by atoms with Crippen LogP contribution in [0.2, 0.25) is 5.02 Å². The van der Waals surface area contributed by atoms with Crippen molar-refractivity contribution in [1.82, 2.24) is 9.78 Å². The van der Waals surface area contributed by atoms with E-state index in [0.717, 1.165) is 11.1 Å². The van der Waals surface area contributed by atoms with Crippen LogP contribution >= 0.6 is 11.6 Å². The molecule has 12 heteroatoms. The van der Waals surface area contributed by atoms with Crippen LogP contribution in [0, 0.1) is 0 Å². The minimum atomic E-state index is -4.62. The van der Waals surface area contributed by atoms with Crippen molar-refractivity contribution in [3.05, 3.63) is 64.4 Å². The number of ether oxygens (including phenoxy) is 1. The largest absolute Gasteiger partial charge is 0.497 e. The van der Waals surface area contributed by atoms with Gasteiger partial charge in [0.2, 0.25) is 15.7 Å². The standard InChI is InChI=1S/C24H23ClF3N3O4S/c1-35-17-11-16(12-19(13-17)36(33,34)18-9-7-15(25)8-10-18)29-22(32)14-31-21-6-4-2-3-5-20(21)23(30-31)24(26,27)28/h7-13H,2-6,14H2,1H3,(H,29,32). The summed E-state index contributed by atoms with van der Waals surface area (Å²) >= 11 is 5.85. The van der Waals surface area contributed by atoms with Crippen LogP contribution in [0.25, 0.3) is 0 Å². The zero-order valence-electron chi connectivity index (χ0n) is 19.2. The molecular formula is C24H23ClF3N3O4S. The second kappa shape index (κ2) is 10.1. The smallest absolute Gasteiger partial charge is 0.435 e. The molecule has 7 nitrogen and oxygen atoms in total. The lowest BCUT2D eigenvalue weighted by atomic mass is 10.1. The normalized spacial score (nSPS) is 14.1. The summed E-state index contributed by atoms with van der Waals surface area (Å²) < 4.78 is 73.2. The second-order valence-corrected chi connectivity index (χ2v) is 10.8. The number of rotatable bonds is 6. The van der Waals surface area contributed by atoms with E-state index in [1.807, 2.05) is 0 Å². The van der Waals surface area contributed by atoms with E-state index in [4.69, 9.17) is 16.3 Å². The predicted molar refractivity (Wildman–Crippen MR) is 127 cm³/mol. The molecule has 0 fully saturated rings. The molecule has 0 unspecified atom stereocenters. The van der Waals surface area contributed by atoms with Crippen molar-refractivity contribution in [2.24, 2.45) is 0 Å². The Morgan fingerprint density at radius 3 is 2.44 bits per heavy atom. The number of halogens is 4. The van der Waals surface area contributed by atoms with E-state index < -0.39 is 34.2 Å². The summed E-state index contributed by atoms with van der Waals surface area (Å²) in [7, 11) is -2.62. The highest BCUT2D eigenvalue weighted by Crippen LogP contribution is 2.35. The molecule has 0 saturated carbocycles. The van der Waals surface area contributed by atoms with Crippen molar-refractivity contribution >= 4 is 33.0 Å². The Morgan fingerprint density at radius 1 is 1.08 bits per heavy atom. The molecule has 1 heterocycles. The van der Waals surface area contributed by atoms with Crippen LogP contribution in [0.5, 0.6) is 5.75 Å². The van der Waals surface area contributed by atoms with Crippen molar-refractivity contribution in [1.29, 1.82) is 0 Å². The van der Waals surface area contributed by atoms with Gasteiger partial charge in [-0.25, -0.2) is 8.42 Å². The van der Waals surface area contributed by atoms with Crippen molar-refractivity contribution in [2.75, 3.05) is 12.4 Å². The van der Waals surface area contributed by atoms with Gasteiger partial charge in [0, 0.05) is 28.0 Å². The fourth-order valence-electron chi connectivity index (χ4n) is 4.21. The van der Waals surface area contributed by atoms with Crippen LogP contribution in [-0.2, 0) is 40.2 Å². The van der Waals surface area contributed by atoms with Crippen LogP contribution in [0.1, 0.15) is 36.2 Å². The average molecular weight is 542 g/mol. The van der Waals surface area contributed by atoms with E-state index in [1.54, 1.807) is 0 Å². The third-order valence-corrected chi connectivity index (χ3v) is 7.90. The Labute approximate surface area is 211 Å². The molecule has 0 aliphatic heterocycles. The van der Waals surface area contributed by atoms with Gasteiger partial charge in [0.15, 0.2) is 5.69 Å². The number of carbonyl (C=O) groups is 1. The van der Waals surface area contributed by atoms with Crippen molar-refractivity contribution in [3.8, 4) is 5.75 Å². The van der Waals surface area contributed by atoms with Gasteiger partial charge in [0.1, 0.15) is 12.3 Å². The number of aromatic nitrogens is 2. The van der Waals surface area contributed by atoms with Gasteiger partial charge in [-0.1, -0.05) is 18.0 Å². The van der Waals surface area contributed by atoms with E-state index in [1.165, 1.54) is 49.6 Å². The molecule has 0 radical (unpaired) electrons. The number of benzene rings is 2. The lowest BCUT2D eigenvalue weighted by molar-refractivity contribution is -0.142. The summed E-state index contributed by atoms with van der Waals surface area (Å²) in [5.41, 5.74) is -0.289. The summed E-state index contributed by atoms with van der Waals surface area (Å²) in [6.45, 7) is -0.450. The van der Waals surface area contributed by atoms with Gasteiger partial charge in [-0.2, -0.15) is 18.3 Å². The van der Waals surface area contributed by atoms with Gasteiger partial charge in [-0.3, -0.25) is 9.48 Å². The molecule has 192 valence electrons. The fourth-order valence-corrected chi connectivity index (χ4v) is 5.66. The lowest BCUT2D eigenvalue weighted by Crippen LogP contribution is -2.21. The number of nitrogens with one attached hydrogen (secondary N) is 1. The lowest BCUT2D eigenvalue weighted by Gasteiger charge is -2.12. The van der Waals surface area contributed by atoms with Crippen LogP contribution < -0.4 is 10.1 Å². The molecule has 0 saturated heterocycles. The van der Waals surface area contributed by atoms with E-state index in [9.17, 15) is 26.4 Å². The first-order valence-electron chi connectivity index (χ1n) is 11.1. The molecule has 1 aliphatic carbocycles. The number of nitrogens with zero attached hydrogens (tertiary/aromatic N) is 2. The first-order chi connectivity index (χ1) is 17.0. The Kier molecular flexibility index (Phi) is 7.33. The number of methoxy groups -OCH3 is 1. The second-order valence-electron chi connectivity index (χ2n) is 8.39. The number of hydrogen-bond donors (Lipinski definition) is 1. The summed E-state index contributed by atoms with van der Waals surface area (Å²) in [4.78, 5) is 12.7. The highest BCUT2D eigenvalue weighted by Gasteiger charge is 2.39. The van der Waals surface area contributed by atoms with Crippen LogP contribution in [0.4, 0.5) is 18.9 Å². The first-order valence-corrected chi connectivity index (χ1v) is 13.0. The molecule has 0 atom stereocenters. The van der Waals surface area contributed by atoms with Gasteiger partial charge >= 0.3 is 6.18 Å². The minimum Gasteiger partial charge on any atom is -0.497 e. The Bertz CT molecular complexity index is 1390. The van der Waals surface area contributed by atoms with Crippen molar-refractivity contribution < 1.29 is 31.1 Å². The highest BCUT2D eigenvalue weighted by atomic mass is 35.5. The SMILES string of the molecule is COc1cc(NC(=O)Cn2nc(C(F)(F)F)c3c2CCCCC3)cc(S(=O)(=O)c2ccc(Cl)cc2)c1.